The van der Waals surface area contributed by atoms with E-state index >= 15 is 0 Å². The van der Waals surface area contributed by atoms with Crippen molar-refractivity contribution in [1.29, 1.82) is 0 Å². The Balaban J connectivity index is 1.63. The molecule has 0 spiro atoms. The number of likely N-dealkylation sites (N-methyl/N-ethyl adjacent to an activating group) is 2. The van der Waals surface area contributed by atoms with Crippen molar-refractivity contribution in [2.24, 2.45) is 7.05 Å². The van der Waals surface area contributed by atoms with Gasteiger partial charge in [0.25, 0.3) is 5.91 Å². The molecule has 152 valence electrons. The average Bonchev–Trinajstić information content (AvgIpc) is 3.12. The molecule has 3 heterocycles. The van der Waals surface area contributed by atoms with Gasteiger partial charge in [-0.3, -0.25) is 4.79 Å². The highest BCUT2D eigenvalue weighted by Gasteiger charge is 2.21. The zero-order chi connectivity index (χ0) is 20.1. The number of aryl methyl sites for hydroxylation is 1. The van der Waals surface area contributed by atoms with Crippen LogP contribution in [0.5, 0.6) is 0 Å². The standard InChI is InChI=1S/C21H32N6O/c1-5-27(16-20-22-11-13-25(20)3)21(28)17-9-10-19(23-14-17)26(4)15-18-8-6-7-12-24(18)2/h9-11,13-14,18H,5-8,12,15-16H2,1-4H3/t18-/m0/s1. The Kier molecular flexibility index (Phi) is 6.67. The minimum Gasteiger partial charge on any atom is -0.358 e. The molecule has 1 saturated heterocycles. The van der Waals surface area contributed by atoms with Gasteiger partial charge < -0.3 is 19.3 Å². The van der Waals surface area contributed by atoms with Crippen molar-refractivity contribution >= 4 is 11.7 Å². The molecule has 0 aliphatic carbocycles. The van der Waals surface area contributed by atoms with Crippen LogP contribution in [0, 0.1) is 0 Å². The maximum atomic E-state index is 12.9. The number of hydrogen-bond acceptors (Lipinski definition) is 5. The highest BCUT2D eigenvalue weighted by molar-refractivity contribution is 5.94. The molecule has 0 radical (unpaired) electrons. The van der Waals surface area contributed by atoms with E-state index in [2.05, 4.69) is 33.9 Å². The molecular formula is C21H32N6O. The molecule has 1 aliphatic rings. The second kappa shape index (κ2) is 9.19. The van der Waals surface area contributed by atoms with Crippen molar-refractivity contribution in [2.45, 2.75) is 38.8 Å². The number of hydrogen-bond donors (Lipinski definition) is 0. The molecular weight excluding hydrogens is 352 g/mol. The minimum atomic E-state index is -0.0146. The number of rotatable bonds is 7. The lowest BCUT2D eigenvalue weighted by Gasteiger charge is -2.35. The predicted octanol–water partition coefficient (Wildman–Crippen LogP) is 2.40. The second-order valence-electron chi connectivity index (χ2n) is 7.69. The van der Waals surface area contributed by atoms with Crippen molar-refractivity contribution in [3.05, 3.63) is 42.1 Å². The van der Waals surface area contributed by atoms with Crippen LogP contribution in [0.15, 0.2) is 30.7 Å². The third kappa shape index (κ3) is 4.70. The van der Waals surface area contributed by atoms with Crippen LogP contribution in [-0.4, -0.2) is 70.0 Å². The maximum Gasteiger partial charge on any atom is 0.255 e. The van der Waals surface area contributed by atoms with Gasteiger partial charge in [0.05, 0.1) is 12.1 Å². The summed E-state index contributed by atoms with van der Waals surface area (Å²) in [7, 11) is 6.22. The van der Waals surface area contributed by atoms with E-state index in [0.29, 0.717) is 24.7 Å². The number of piperidine rings is 1. The van der Waals surface area contributed by atoms with Crippen molar-refractivity contribution in [2.75, 3.05) is 38.6 Å². The van der Waals surface area contributed by atoms with Gasteiger partial charge in [0.15, 0.2) is 0 Å². The molecule has 2 aromatic rings. The third-order valence-corrected chi connectivity index (χ3v) is 5.71. The van der Waals surface area contributed by atoms with Crippen LogP contribution in [0.4, 0.5) is 5.82 Å². The lowest BCUT2D eigenvalue weighted by molar-refractivity contribution is 0.0747. The number of amides is 1. The van der Waals surface area contributed by atoms with E-state index in [0.717, 1.165) is 18.2 Å². The van der Waals surface area contributed by atoms with E-state index < -0.39 is 0 Å². The number of carbonyl (C=O) groups excluding carboxylic acids is 1. The minimum absolute atomic E-state index is 0.0146. The number of nitrogens with zero attached hydrogens (tertiary/aromatic N) is 6. The van der Waals surface area contributed by atoms with Gasteiger partial charge in [0, 0.05) is 51.8 Å². The van der Waals surface area contributed by atoms with Crippen molar-refractivity contribution in [1.82, 2.24) is 24.3 Å². The Hall–Kier alpha value is -2.41. The molecule has 0 N–H and O–H groups in total. The summed E-state index contributed by atoms with van der Waals surface area (Å²) < 4.78 is 1.94. The molecule has 3 rings (SSSR count). The summed E-state index contributed by atoms with van der Waals surface area (Å²) >= 11 is 0. The van der Waals surface area contributed by atoms with Crippen LogP contribution in [0.1, 0.15) is 42.4 Å². The van der Waals surface area contributed by atoms with Crippen molar-refractivity contribution in [3.63, 3.8) is 0 Å². The Morgan fingerprint density at radius 2 is 2.07 bits per heavy atom. The first-order valence-electron chi connectivity index (χ1n) is 10.1. The Morgan fingerprint density at radius 3 is 2.68 bits per heavy atom. The summed E-state index contributed by atoms with van der Waals surface area (Å²) in [6.45, 7) is 5.23. The third-order valence-electron chi connectivity index (χ3n) is 5.71. The first-order valence-corrected chi connectivity index (χ1v) is 10.1. The molecule has 1 fully saturated rings. The number of likely N-dealkylation sites (tertiary alicyclic amines) is 1. The van der Waals surface area contributed by atoms with E-state index in [4.69, 9.17) is 0 Å². The van der Waals surface area contributed by atoms with E-state index in [-0.39, 0.29) is 5.91 Å². The molecule has 1 amide bonds. The summed E-state index contributed by atoms with van der Waals surface area (Å²) in [5.41, 5.74) is 0.614. The molecule has 1 atom stereocenters. The normalized spacial score (nSPS) is 17.5. The number of aromatic nitrogens is 3. The fourth-order valence-corrected chi connectivity index (χ4v) is 3.75. The average molecular weight is 385 g/mol. The fourth-order valence-electron chi connectivity index (χ4n) is 3.75. The van der Waals surface area contributed by atoms with Gasteiger partial charge in [-0.1, -0.05) is 6.42 Å². The molecule has 7 heteroatoms. The first-order chi connectivity index (χ1) is 13.5. The number of anilines is 1. The molecule has 0 aromatic carbocycles. The number of carbonyl (C=O) groups is 1. The molecule has 1 aliphatic heterocycles. The van der Waals surface area contributed by atoms with Crippen molar-refractivity contribution in [3.8, 4) is 0 Å². The highest BCUT2D eigenvalue weighted by Crippen LogP contribution is 2.19. The Bertz CT molecular complexity index is 771. The van der Waals surface area contributed by atoms with E-state index in [1.807, 2.05) is 36.9 Å². The maximum absolute atomic E-state index is 12.9. The van der Waals surface area contributed by atoms with E-state index in [9.17, 15) is 4.79 Å². The van der Waals surface area contributed by atoms with Gasteiger partial charge in [0.2, 0.25) is 0 Å². The monoisotopic (exact) mass is 384 g/mol. The lowest BCUT2D eigenvalue weighted by Crippen LogP contribution is -2.43. The summed E-state index contributed by atoms with van der Waals surface area (Å²) in [6.07, 6.45) is 9.16. The molecule has 0 unspecified atom stereocenters. The smallest absolute Gasteiger partial charge is 0.255 e. The number of imidazole rings is 1. The Morgan fingerprint density at radius 1 is 1.25 bits per heavy atom. The zero-order valence-corrected chi connectivity index (χ0v) is 17.5. The van der Waals surface area contributed by atoms with Gasteiger partial charge in [-0.05, 0) is 45.5 Å². The SMILES string of the molecule is CCN(Cc1nccn1C)C(=O)c1ccc(N(C)C[C@@H]2CCCCN2C)nc1. The van der Waals surface area contributed by atoms with Crippen LogP contribution >= 0.6 is 0 Å². The van der Waals surface area contributed by atoms with Gasteiger partial charge in [-0.2, -0.15) is 0 Å². The largest absolute Gasteiger partial charge is 0.358 e. The predicted molar refractivity (Wildman–Crippen MR) is 111 cm³/mol. The molecule has 0 bridgehead atoms. The lowest BCUT2D eigenvalue weighted by atomic mass is 10.0. The van der Waals surface area contributed by atoms with E-state index in [1.54, 1.807) is 17.3 Å². The number of pyridine rings is 1. The van der Waals surface area contributed by atoms with Gasteiger partial charge in [-0.15, -0.1) is 0 Å². The van der Waals surface area contributed by atoms with Crippen LogP contribution in [0.3, 0.4) is 0 Å². The quantitative estimate of drug-likeness (QED) is 0.734. The van der Waals surface area contributed by atoms with Crippen LogP contribution in [0.25, 0.3) is 0 Å². The zero-order valence-electron chi connectivity index (χ0n) is 17.5. The summed E-state index contributed by atoms with van der Waals surface area (Å²) in [5, 5.41) is 0. The van der Waals surface area contributed by atoms with Crippen LogP contribution in [0.2, 0.25) is 0 Å². The second-order valence-corrected chi connectivity index (χ2v) is 7.69. The van der Waals surface area contributed by atoms with E-state index in [1.165, 1.54) is 25.8 Å². The highest BCUT2D eigenvalue weighted by atomic mass is 16.2. The molecule has 7 nitrogen and oxygen atoms in total. The van der Waals surface area contributed by atoms with Gasteiger partial charge in [0.1, 0.15) is 11.6 Å². The molecule has 2 aromatic heterocycles. The topological polar surface area (TPSA) is 57.5 Å². The molecule has 0 saturated carbocycles. The van der Waals surface area contributed by atoms with Crippen LogP contribution < -0.4 is 4.90 Å². The van der Waals surface area contributed by atoms with Crippen LogP contribution in [-0.2, 0) is 13.6 Å². The summed E-state index contributed by atoms with van der Waals surface area (Å²) in [5.74, 6) is 1.76. The van der Waals surface area contributed by atoms with Gasteiger partial charge >= 0.3 is 0 Å². The van der Waals surface area contributed by atoms with Gasteiger partial charge in [-0.25, -0.2) is 9.97 Å². The first kappa shape index (κ1) is 20.3. The summed E-state index contributed by atoms with van der Waals surface area (Å²) in [4.78, 5) is 28.2. The fraction of sp³-hybridized carbons (Fsp3) is 0.571. The summed E-state index contributed by atoms with van der Waals surface area (Å²) in [6, 6.07) is 4.40. The van der Waals surface area contributed by atoms with Crippen molar-refractivity contribution < 1.29 is 4.79 Å². The Labute approximate surface area is 168 Å². The molecule has 28 heavy (non-hydrogen) atoms.